The number of anilines is 2. The molecule has 23 heavy (non-hydrogen) atoms. The quantitative estimate of drug-likeness (QED) is 0.200. The van der Waals surface area contributed by atoms with Crippen molar-refractivity contribution in [1.29, 1.82) is 0 Å². The predicted molar refractivity (Wildman–Crippen MR) is 90.8 cm³/mol. The zero-order valence-corrected chi connectivity index (χ0v) is 13.0. The number of allylic oxidation sites excluding steroid dienone is 2. The summed E-state index contributed by atoms with van der Waals surface area (Å²) in [6, 6.07) is 6.40. The van der Waals surface area contributed by atoms with E-state index in [-0.39, 0.29) is 12.2 Å². The van der Waals surface area contributed by atoms with E-state index < -0.39 is 11.8 Å². The second-order valence-electron chi connectivity index (χ2n) is 5.20. The number of nitrogen functional groups attached to an aromatic ring is 1. The van der Waals surface area contributed by atoms with Crippen LogP contribution in [0.25, 0.3) is 0 Å². The van der Waals surface area contributed by atoms with E-state index in [0.717, 1.165) is 6.42 Å². The van der Waals surface area contributed by atoms with E-state index in [1.54, 1.807) is 12.1 Å². The summed E-state index contributed by atoms with van der Waals surface area (Å²) in [5.41, 5.74) is 12.4. The summed E-state index contributed by atoms with van der Waals surface area (Å²) in [6.07, 6.45) is 7.07. The van der Waals surface area contributed by atoms with Gasteiger partial charge in [-0.05, 0) is 37.8 Å². The molecule has 1 rings (SSSR count). The summed E-state index contributed by atoms with van der Waals surface area (Å²) in [7, 11) is 0. The maximum Gasteiger partial charge on any atom is 0.224 e. The van der Waals surface area contributed by atoms with Crippen LogP contribution >= 0.6 is 0 Å². The number of rotatable bonds is 10. The number of hydrogen-bond donors (Lipinski definition) is 3. The molecule has 0 spiro atoms. The predicted octanol–water partition coefficient (Wildman–Crippen LogP) is 1.81. The van der Waals surface area contributed by atoms with Crippen LogP contribution in [0, 0.1) is 0 Å². The zero-order valence-electron chi connectivity index (χ0n) is 13.0. The summed E-state index contributed by atoms with van der Waals surface area (Å²) in [5, 5.41) is 2.77. The van der Waals surface area contributed by atoms with Gasteiger partial charge in [0.1, 0.15) is 0 Å². The average Bonchev–Trinajstić information content (AvgIpc) is 2.55. The highest BCUT2D eigenvalue weighted by atomic mass is 16.2. The van der Waals surface area contributed by atoms with Crippen LogP contribution in [0.3, 0.4) is 0 Å². The van der Waals surface area contributed by atoms with E-state index in [2.05, 4.69) is 5.32 Å². The maximum atomic E-state index is 11.8. The molecule has 0 bridgehead atoms. The monoisotopic (exact) mass is 317 g/mol. The molecule has 0 unspecified atom stereocenters. The van der Waals surface area contributed by atoms with Gasteiger partial charge in [-0.1, -0.05) is 24.3 Å². The Morgan fingerprint density at radius 1 is 1.17 bits per heavy atom. The van der Waals surface area contributed by atoms with Crippen molar-refractivity contribution in [2.45, 2.75) is 38.1 Å². The number of unbranched alkanes of at least 4 members (excludes halogenated alkanes) is 1. The van der Waals surface area contributed by atoms with Crippen LogP contribution in [-0.4, -0.2) is 24.0 Å². The molecular formula is C17H23N3O3. The third kappa shape index (κ3) is 7.37. The highest BCUT2D eigenvalue weighted by Crippen LogP contribution is 2.17. The standard InChI is InChI=1S/C17H23N3O3/c18-13-8-6-7-10-15(13)20-17(23)11-5-3-1-2-4-9-14(19)16(22)12-21/h1-2,6-8,10,12,14H,3-5,9,11,18-19H2,(H,20,23)/b2-1+/t14-/m1/s1. The Labute approximate surface area is 135 Å². The first-order chi connectivity index (χ1) is 11.0. The second-order valence-corrected chi connectivity index (χ2v) is 5.20. The van der Waals surface area contributed by atoms with E-state index >= 15 is 0 Å². The molecule has 124 valence electrons. The molecule has 0 saturated heterocycles. The van der Waals surface area contributed by atoms with Gasteiger partial charge in [0.25, 0.3) is 0 Å². The first-order valence-electron chi connectivity index (χ1n) is 7.58. The van der Waals surface area contributed by atoms with E-state index in [1.165, 1.54) is 0 Å². The number of carbonyl (C=O) groups excluding carboxylic acids is 3. The number of aldehydes is 1. The summed E-state index contributed by atoms with van der Waals surface area (Å²) in [4.78, 5) is 33.0. The van der Waals surface area contributed by atoms with Crippen molar-refractivity contribution >= 4 is 29.4 Å². The van der Waals surface area contributed by atoms with E-state index in [1.807, 2.05) is 24.3 Å². The number of amides is 1. The average molecular weight is 317 g/mol. The van der Waals surface area contributed by atoms with Gasteiger partial charge in [0.2, 0.25) is 11.7 Å². The van der Waals surface area contributed by atoms with Crippen LogP contribution in [0.1, 0.15) is 32.1 Å². The van der Waals surface area contributed by atoms with Crippen LogP contribution < -0.4 is 16.8 Å². The van der Waals surface area contributed by atoms with Gasteiger partial charge in [-0.2, -0.15) is 0 Å². The highest BCUT2D eigenvalue weighted by Gasteiger charge is 2.10. The molecule has 0 saturated carbocycles. The molecule has 1 atom stereocenters. The first-order valence-corrected chi connectivity index (χ1v) is 7.58. The van der Waals surface area contributed by atoms with Crippen molar-refractivity contribution < 1.29 is 14.4 Å². The van der Waals surface area contributed by atoms with Crippen molar-refractivity contribution in [1.82, 2.24) is 0 Å². The van der Waals surface area contributed by atoms with Gasteiger partial charge < -0.3 is 16.8 Å². The van der Waals surface area contributed by atoms with Crippen LogP contribution in [0.5, 0.6) is 0 Å². The molecule has 0 heterocycles. The minimum absolute atomic E-state index is 0.0742. The molecule has 0 aliphatic heterocycles. The normalized spacial score (nSPS) is 12.0. The van der Waals surface area contributed by atoms with E-state index in [9.17, 15) is 14.4 Å². The Morgan fingerprint density at radius 2 is 1.87 bits per heavy atom. The maximum absolute atomic E-state index is 11.8. The molecule has 0 aliphatic rings. The summed E-state index contributed by atoms with van der Waals surface area (Å²) in [6.45, 7) is 0. The molecule has 1 amide bonds. The van der Waals surface area contributed by atoms with Gasteiger partial charge in [-0.25, -0.2) is 0 Å². The minimum Gasteiger partial charge on any atom is -0.397 e. The van der Waals surface area contributed by atoms with Crippen molar-refractivity contribution in [2.75, 3.05) is 11.1 Å². The van der Waals surface area contributed by atoms with E-state index in [4.69, 9.17) is 11.5 Å². The molecule has 6 heteroatoms. The lowest BCUT2D eigenvalue weighted by Crippen LogP contribution is -2.30. The molecular weight excluding hydrogens is 294 g/mol. The molecule has 6 nitrogen and oxygen atoms in total. The smallest absolute Gasteiger partial charge is 0.224 e. The lowest BCUT2D eigenvalue weighted by atomic mass is 10.1. The number of benzene rings is 1. The van der Waals surface area contributed by atoms with Gasteiger partial charge in [0, 0.05) is 6.42 Å². The molecule has 0 aliphatic carbocycles. The topological polar surface area (TPSA) is 115 Å². The molecule has 0 radical (unpaired) electrons. The van der Waals surface area contributed by atoms with Crippen molar-refractivity contribution in [3.8, 4) is 0 Å². The highest BCUT2D eigenvalue weighted by molar-refractivity contribution is 6.27. The van der Waals surface area contributed by atoms with Crippen LogP contribution in [0.4, 0.5) is 11.4 Å². The lowest BCUT2D eigenvalue weighted by molar-refractivity contribution is -0.130. The number of hydrogen-bond acceptors (Lipinski definition) is 5. The molecule has 5 N–H and O–H groups in total. The van der Waals surface area contributed by atoms with Gasteiger partial charge in [0.15, 0.2) is 6.29 Å². The molecule has 1 aromatic rings. The van der Waals surface area contributed by atoms with Crippen LogP contribution in [0.15, 0.2) is 36.4 Å². The Bertz CT molecular complexity index is 570. The molecule has 1 aromatic carbocycles. The van der Waals surface area contributed by atoms with Crippen molar-refractivity contribution in [2.24, 2.45) is 5.73 Å². The van der Waals surface area contributed by atoms with Crippen LogP contribution in [0.2, 0.25) is 0 Å². The van der Waals surface area contributed by atoms with E-state index in [0.29, 0.717) is 37.1 Å². The first kappa shape index (κ1) is 18.6. The number of carbonyl (C=O) groups is 3. The molecule has 0 aromatic heterocycles. The van der Waals surface area contributed by atoms with Crippen LogP contribution in [-0.2, 0) is 14.4 Å². The summed E-state index contributed by atoms with van der Waals surface area (Å²) < 4.78 is 0. The van der Waals surface area contributed by atoms with Gasteiger partial charge in [-0.3, -0.25) is 14.4 Å². The number of nitrogens with two attached hydrogens (primary N) is 2. The Hall–Kier alpha value is -2.47. The molecule has 0 fully saturated rings. The van der Waals surface area contributed by atoms with Gasteiger partial charge in [0.05, 0.1) is 17.4 Å². The Balaban J connectivity index is 2.16. The van der Waals surface area contributed by atoms with Crippen molar-refractivity contribution in [3.05, 3.63) is 36.4 Å². The number of ketones is 1. The Morgan fingerprint density at radius 3 is 2.57 bits per heavy atom. The Kier molecular flexibility index (Phi) is 8.31. The second kappa shape index (κ2) is 10.3. The lowest BCUT2D eigenvalue weighted by Gasteiger charge is -2.07. The fraction of sp³-hybridized carbons (Fsp3) is 0.353. The zero-order chi connectivity index (χ0) is 17.1. The number of para-hydroxylation sites is 2. The minimum atomic E-state index is -0.723. The fourth-order valence-electron chi connectivity index (χ4n) is 1.95. The fourth-order valence-corrected chi connectivity index (χ4v) is 1.95. The number of nitrogens with one attached hydrogen (secondary N) is 1. The van der Waals surface area contributed by atoms with Crippen molar-refractivity contribution in [3.63, 3.8) is 0 Å². The summed E-state index contributed by atoms with van der Waals surface area (Å²) in [5.74, 6) is -0.648. The largest absolute Gasteiger partial charge is 0.397 e. The third-order valence-corrected chi connectivity index (χ3v) is 3.30. The van der Waals surface area contributed by atoms with Gasteiger partial charge in [-0.15, -0.1) is 0 Å². The third-order valence-electron chi connectivity index (χ3n) is 3.30. The summed E-state index contributed by atoms with van der Waals surface area (Å²) >= 11 is 0. The van der Waals surface area contributed by atoms with Gasteiger partial charge >= 0.3 is 0 Å². The number of Topliss-reactive ketones (excluding diaryl/α,β-unsaturated/α-hetero) is 1. The SMILES string of the molecule is Nc1ccccc1NC(=O)CCC/C=C/CC[C@@H](N)C(=O)C=O.